The Labute approximate surface area is 95.4 Å². The van der Waals surface area contributed by atoms with Crippen LogP contribution in [0.15, 0.2) is 10.6 Å². The Kier molecular flexibility index (Phi) is 4.02. The Bertz CT molecular complexity index is 338. The lowest BCUT2D eigenvalue weighted by Gasteiger charge is -2.13. The summed E-state index contributed by atoms with van der Waals surface area (Å²) in [6, 6.07) is 0. The fourth-order valence-corrected chi connectivity index (χ4v) is 1.67. The van der Waals surface area contributed by atoms with Crippen molar-refractivity contribution in [2.75, 3.05) is 6.54 Å². The van der Waals surface area contributed by atoms with Crippen molar-refractivity contribution in [2.45, 2.75) is 19.3 Å². The molecule has 1 aliphatic heterocycles. The van der Waals surface area contributed by atoms with E-state index in [1.165, 1.54) is 6.08 Å². The van der Waals surface area contributed by atoms with Crippen LogP contribution >= 0.6 is 15.9 Å². The monoisotopic (exact) mass is 274 g/mol. The van der Waals surface area contributed by atoms with Crippen LogP contribution in [0.2, 0.25) is 0 Å². The van der Waals surface area contributed by atoms with Gasteiger partial charge in [-0.1, -0.05) is 0 Å². The summed E-state index contributed by atoms with van der Waals surface area (Å²) >= 11 is 2.99. The lowest BCUT2D eigenvalue weighted by Crippen LogP contribution is -2.31. The predicted molar refractivity (Wildman–Crippen MR) is 56.8 cm³/mol. The molecular formula is C9H11BrN2O3. The molecule has 0 unspecified atom stereocenters. The second-order valence-electron chi connectivity index (χ2n) is 3.21. The third-order valence-electron chi connectivity index (χ3n) is 2.02. The van der Waals surface area contributed by atoms with Crippen molar-refractivity contribution in [2.24, 2.45) is 5.73 Å². The van der Waals surface area contributed by atoms with Gasteiger partial charge in [-0.25, -0.2) is 0 Å². The van der Waals surface area contributed by atoms with Crippen LogP contribution in [0.25, 0.3) is 0 Å². The predicted octanol–water partition coefficient (Wildman–Crippen LogP) is 0.290. The first-order valence-electron chi connectivity index (χ1n) is 4.53. The number of halogens is 1. The SMILES string of the molecule is NC(=O)CCCCN1C(=O)C=C(Br)C1=O. The van der Waals surface area contributed by atoms with Crippen molar-refractivity contribution in [1.82, 2.24) is 4.90 Å². The number of rotatable bonds is 5. The maximum absolute atomic E-state index is 11.3. The lowest BCUT2D eigenvalue weighted by molar-refractivity contribution is -0.136. The number of hydrogen-bond donors (Lipinski definition) is 1. The lowest BCUT2D eigenvalue weighted by atomic mass is 10.2. The van der Waals surface area contributed by atoms with Crippen LogP contribution in [-0.4, -0.2) is 29.2 Å². The van der Waals surface area contributed by atoms with E-state index in [1.54, 1.807) is 0 Å². The van der Waals surface area contributed by atoms with Gasteiger partial charge in [-0.3, -0.25) is 19.3 Å². The number of amides is 3. The molecule has 3 amide bonds. The molecule has 0 atom stereocenters. The molecule has 15 heavy (non-hydrogen) atoms. The van der Waals surface area contributed by atoms with Crippen molar-refractivity contribution in [3.63, 3.8) is 0 Å². The van der Waals surface area contributed by atoms with Crippen LogP contribution in [0.3, 0.4) is 0 Å². The molecule has 0 bridgehead atoms. The maximum atomic E-state index is 11.3. The van der Waals surface area contributed by atoms with Crippen LogP contribution < -0.4 is 5.73 Å². The molecule has 0 spiro atoms. The van der Waals surface area contributed by atoms with Crippen LogP contribution in [0.5, 0.6) is 0 Å². The smallest absolute Gasteiger partial charge is 0.267 e. The molecule has 0 radical (unpaired) electrons. The normalized spacial score (nSPS) is 15.8. The maximum Gasteiger partial charge on any atom is 0.267 e. The molecule has 0 aromatic heterocycles. The van der Waals surface area contributed by atoms with Gasteiger partial charge < -0.3 is 5.73 Å². The minimum atomic E-state index is -0.367. The molecule has 1 heterocycles. The van der Waals surface area contributed by atoms with Gasteiger partial charge in [0.2, 0.25) is 5.91 Å². The van der Waals surface area contributed by atoms with Crippen molar-refractivity contribution < 1.29 is 14.4 Å². The number of hydrogen-bond acceptors (Lipinski definition) is 3. The Morgan fingerprint density at radius 3 is 2.53 bits per heavy atom. The van der Waals surface area contributed by atoms with Gasteiger partial charge in [-0.15, -0.1) is 0 Å². The summed E-state index contributed by atoms with van der Waals surface area (Å²) in [5, 5.41) is 0. The van der Waals surface area contributed by atoms with E-state index in [4.69, 9.17) is 5.73 Å². The Morgan fingerprint density at radius 1 is 1.40 bits per heavy atom. The van der Waals surface area contributed by atoms with Crippen LogP contribution in [-0.2, 0) is 14.4 Å². The first-order chi connectivity index (χ1) is 7.02. The largest absolute Gasteiger partial charge is 0.370 e. The van der Waals surface area contributed by atoms with Gasteiger partial charge in [-0.2, -0.15) is 0 Å². The van der Waals surface area contributed by atoms with Crippen LogP contribution in [0.4, 0.5) is 0 Å². The van der Waals surface area contributed by atoms with Gasteiger partial charge in [0.25, 0.3) is 11.8 Å². The van der Waals surface area contributed by atoms with E-state index in [9.17, 15) is 14.4 Å². The molecule has 0 saturated heterocycles. The standard InChI is InChI=1S/C9H11BrN2O3/c10-6-5-8(14)12(9(6)15)4-2-1-3-7(11)13/h5H,1-4H2,(H2,11,13). The molecule has 0 aliphatic carbocycles. The summed E-state index contributed by atoms with van der Waals surface area (Å²) in [4.78, 5) is 34.1. The minimum absolute atomic E-state index is 0.280. The number of carbonyl (C=O) groups excluding carboxylic acids is 3. The molecule has 82 valence electrons. The van der Waals surface area contributed by atoms with Gasteiger partial charge in [0.15, 0.2) is 0 Å². The highest BCUT2D eigenvalue weighted by atomic mass is 79.9. The number of primary amides is 1. The van der Waals surface area contributed by atoms with E-state index in [1.807, 2.05) is 0 Å². The second-order valence-corrected chi connectivity index (χ2v) is 4.07. The highest BCUT2D eigenvalue weighted by Gasteiger charge is 2.28. The summed E-state index contributed by atoms with van der Waals surface area (Å²) < 4.78 is 0.280. The molecule has 1 aliphatic rings. The molecule has 2 N–H and O–H groups in total. The Morgan fingerprint density at radius 2 is 2.07 bits per heavy atom. The van der Waals surface area contributed by atoms with Crippen molar-refractivity contribution in [1.29, 1.82) is 0 Å². The van der Waals surface area contributed by atoms with Crippen LogP contribution in [0, 0.1) is 0 Å². The summed E-state index contributed by atoms with van der Waals surface area (Å²) in [6.45, 7) is 0.330. The quantitative estimate of drug-likeness (QED) is 0.578. The zero-order valence-corrected chi connectivity index (χ0v) is 9.62. The first-order valence-corrected chi connectivity index (χ1v) is 5.33. The summed E-state index contributed by atoms with van der Waals surface area (Å²) in [5.41, 5.74) is 4.96. The Balaban J connectivity index is 2.32. The van der Waals surface area contributed by atoms with Gasteiger partial charge in [0.05, 0.1) is 4.48 Å². The summed E-state index contributed by atoms with van der Waals surface area (Å²) in [6.07, 6.45) is 2.71. The number of unbranched alkanes of at least 4 members (excludes halogenated alkanes) is 1. The van der Waals surface area contributed by atoms with Crippen molar-refractivity contribution >= 4 is 33.7 Å². The second kappa shape index (κ2) is 5.06. The molecule has 5 nitrogen and oxygen atoms in total. The number of nitrogens with zero attached hydrogens (tertiary/aromatic N) is 1. The number of carbonyl (C=O) groups is 3. The fourth-order valence-electron chi connectivity index (χ4n) is 1.26. The molecule has 0 aromatic rings. The highest BCUT2D eigenvalue weighted by molar-refractivity contribution is 9.12. The summed E-state index contributed by atoms with van der Waals surface area (Å²) in [5.74, 6) is -1.00. The average molecular weight is 275 g/mol. The van der Waals surface area contributed by atoms with Gasteiger partial charge in [-0.05, 0) is 28.8 Å². The fraction of sp³-hybridized carbons (Fsp3) is 0.444. The number of nitrogens with two attached hydrogens (primary N) is 1. The van der Waals surface area contributed by atoms with Gasteiger partial charge >= 0.3 is 0 Å². The van der Waals surface area contributed by atoms with E-state index in [0.29, 0.717) is 19.4 Å². The number of imide groups is 1. The van der Waals surface area contributed by atoms with Crippen molar-refractivity contribution in [3.8, 4) is 0 Å². The average Bonchev–Trinajstić information content (AvgIpc) is 2.37. The highest BCUT2D eigenvalue weighted by Crippen LogP contribution is 2.18. The van der Waals surface area contributed by atoms with E-state index < -0.39 is 0 Å². The molecular weight excluding hydrogens is 264 g/mol. The van der Waals surface area contributed by atoms with E-state index in [0.717, 1.165) is 4.90 Å². The van der Waals surface area contributed by atoms with Gasteiger partial charge in [0, 0.05) is 19.0 Å². The minimum Gasteiger partial charge on any atom is -0.370 e. The van der Waals surface area contributed by atoms with Crippen molar-refractivity contribution in [3.05, 3.63) is 10.6 Å². The molecule has 0 fully saturated rings. The zero-order chi connectivity index (χ0) is 11.4. The Hall–Kier alpha value is -1.17. The zero-order valence-electron chi connectivity index (χ0n) is 8.03. The first kappa shape index (κ1) is 11.9. The van der Waals surface area contributed by atoms with E-state index in [-0.39, 0.29) is 28.6 Å². The third kappa shape index (κ3) is 3.16. The van der Waals surface area contributed by atoms with E-state index >= 15 is 0 Å². The van der Waals surface area contributed by atoms with E-state index in [2.05, 4.69) is 15.9 Å². The van der Waals surface area contributed by atoms with Gasteiger partial charge in [0.1, 0.15) is 0 Å². The topological polar surface area (TPSA) is 80.5 Å². The molecule has 0 saturated carbocycles. The summed E-state index contributed by atoms with van der Waals surface area (Å²) in [7, 11) is 0. The molecule has 1 rings (SSSR count). The van der Waals surface area contributed by atoms with Crippen LogP contribution in [0.1, 0.15) is 19.3 Å². The molecule has 6 heteroatoms. The molecule has 0 aromatic carbocycles. The third-order valence-corrected chi connectivity index (χ3v) is 2.59.